The molecule has 2 unspecified atom stereocenters. The zero-order valence-electron chi connectivity index (χ0n) is 19.7. The molecule has 0 saturated carbocycles. The second kappa shape index (κ2) is 8.40. The third-order valence-corrected chi connectivity index (χ3v) is 7.87. The van der Waals surface area contributed by atoms with E-state index in [4.69, 9.17) is 0 Å². The molecule has 5 aromatic rings. The van der Waals surface area contributed by atoms with Crippen LogP contribution in [0.1, 0.15) is 52.5 Å². The van der Waals surface area contributed by atoms with Crippen molar-refractivity contribution in [3.8, 4) is 0 Å². The topological polar surface area (TPSA) is 0 Å². The molecule has 0 fully saturated rings. The molecule has 2 atom stereocenters. The highest BCUT2D eigenvalue weighted by Gasteiger charge is 2.27. The Morgan fingerprint density at radius 1 is 0.486 bits per heavy atom. The van der Waals surface area contributed by atoms with E-state index in [2.05, 4.69) is 127 Å². The molecule has 2 aliphatic carbocycles. The molecule has 5 aromatic carbocycles. The molecule has 0 aliphatic heterocycles. The molecule has 0 aromatic heterocycles. The lowest BCUT2D eigenvalue weighted by Crippen LogP contribution is -2.13. The smallest absolute Gasteiger partial charge is 0.00680 e. The minimum Gasteiger partial charge on any atom is -0.0763 e. The van der Waals surface area contributed by atoms with Gasteiger partial charge >= 0.3 is 0 Å². The van der Waals surface area contributed by atoms with E-state index in [1.807, 2.05) is 0 Å². The third-order valence-electron chi connectivity index (χ3n) is 7.87. The van der Waals surface area contributed by atoms with Gasteiger partial charge in [-0.15, -0.1) is 0 Å². The van der Waals surface area contributed by atoms with Gasteiger partial charge < -0.3 is 0 Å². The van der Waals surface area contributed by atoms with Crippen molar-refractivity contribution >= 4 is 33.7 Å². The van der Waals surface area contributed by atoms with Gasteiger partial charge in [0.1, 0.15) is 0 Å². The monoisotopic (exact) mass is 447 g/mol. The summed E-state index contributed by atoms with van der Waals surface area (Å²) in [4.78, 5) is 0. The average Bonchev–Trinajstić information content (AvgIpc) is 2.92. The quantitative estimate of drug-likeness (QED) is 0.252. The molecule has 2 aliphatic rings. The largest absolute Gasteiger partial charge is 0.0763 e. The second-order valence-corrected chi connectivity index (χ2v) is 9.89. The molecule has 0 N–H and O–H groups in total. The van der Waals surface area contributed by atoms with Crippen molar-refractivity contribution in [1.29, 1.82) is 0 Å². The van der Waals surface area contributed by atoms with Crippen LogP contribution in [0.3, 0.4) is 0 Å². The van der Waals surface area contributed by atoms with Crippen LogP contribution >= 0.6 is 0 Å². The third kappa shape index (κ3) is 3.53. The van der Waals surface area contributed by atoms with Crippen LogP contribution in [0.4, 0.5) is 0 Å². The van der Waals surface area contributed by atoms with Gasteiger partial charge in [0, 0.05) is 17.8 Å². The number of benzene rings is 5. The van der Waals surface area contributed by atoms with Gasteiger partial charge in [-0.05, 0) is 62.2 Å². The van der Waals surface area contributed by atoms with Crippen molar-refractivity contribution in [2.45, 2.75) is 24.7 Å². The summed E-state index contributed by atoms with van der Waals surface area (Å²) in [6.45, 7) is 0. The molecule has 0 nitrogen and oxygen atoms in total. The van der Waals surface area contributed by atoms with Crippen LogP contribution in [0.2, 0.25) is 0 Å². The van der Waals surface area contributed by atoms with Crippen molar-refractivity contribution in [2.75, 3.05) is 0 Å². The molecule has 7 rings (SSSR count). The number of allylic oxidation sites excluding steroid dienone is 2. The summed E-state index contributed by atoms with van der Waals surface area (Å²) in [5.41, 5.74) is 6.97. The number of rotatable bonds is 5. The molecule has 35 heavy (non-hydrogen) atoms. The van der Waals surface area contributed by atoms with Crippen LogP contribution in [0.25, 0.3) is 33.7 Å². The fraction of sp³-hybridized carbons (Fsp3) is 0.114. The molecule has 1 radical (unpaired) electrons. The Kier molecular flexibility index (Phi) is 4.91. The lowest BCUT2D eigenvalue weighted by atomic mass is 9.74. The Morgan fingerprint density at radius 2 is 0.971 bits per heavy atom. The normalized spacial score (nSPS) is 18.0. The summed E-state index contributed by atoms with van der Waals surface area (Å²) >= 11 is 0. The average molecular weight is 448 g/mol. The lowest BCUT2D eigenvalue weighted by Gasteiger charge is -2.29. The van der Waals surface area contributed by atoms with Crippen molar-refractivity contribution < 1.29 is 0 Å². The summed E-state index contributed by atoms with van der Waals surface area (Å²) < 4.78 is 0. The van der Waals surface area contributed by atoms with Crippen molar-refractivity contribution in [2.24, 2.45) is 0 Å². The first kappa shape index (κ1) is 20.5. The molecule has 0 bridgehead atoms. The Labute approximate surface area is 207 Å². The predicted molar refractivity (Wildman–Crippen MR) is 149 cm³/mol. The Hall–Kier alpha value is -3.90. The van der Waals surface area contributed by atoms with E-state index in [0.717, 1.165) is 12.8 Å². The summed E-state index contributed by atoms with van der Waals surface area (Å²) in [5.74, 6) is 2.31. The maximum Gasteiger partial charge on any atom is 0.00680 e. The maximum atomic E-state index is 2.42. The zero-order chi connectivity index (χ0) is 23.2. The number of hydrogen-bond acceptors (Lipinski definition) is 0. The zero-order valence-corrected chi connectivity index (χ0v) is 19.7. The Bertz CT molecular complexity index is 1490. The molecule has 0 heterocycles. The minimum atomic E-state index is 0.388. The van der Waals surface area contributed by atoms with E-state index in [1.54, 1.807) is 0 Å². The van der Waals surface area contributed by atoms with Gasteiger partial charge in [-0.25, -0.2) is 0 Å². The van der Waals surface area contributed by atoms with E-state index >= 15 is 0 Å². The molecule has 0 saturated heterocycles. The number of hydrogen-bond donors (Lipinski definition) is 0. The van der Waals surface area contributed by atoms with E-state index in [-0.39, 0.29) is 0 Å². The van der Waals surface area contributed by atoms with Crippen molar-refractivity contribution in [1.82, 2.24) is 0 Å². The van der Waals surface area contributed by atoms with Gasteiger partial charge in [0.2, 0.25) is 0 Å². The van der Waals surface area contributed by atoms with Crippen LogP contribution < -0.4 is 0 Å². The van der Waals surface area contributed by atoms with Crippen LogP contribution in [0.5, 0.6) is 0 Å². The molecule has 0 heteroatoms. The fourth-order valence-electron chi connectivity index (χ4n) is 6.22. The van der Waals surface area contributed by atoms with E-state index < -0.39 is 0 Å². The molecule has 0 amide bonds. The van der Waals surface area contributed by atoms with Crippen LogP contribution in [-0.4, -0.2) is 0 Å². The van der Waals surface area contributed by atoms with E-state index in [0.29, 0.717) is 11.8 Å². The van der Waals surface area contributed by atoms with E-state index in [1.165, 1.54) is 55.3 Å². The molecular weight excluding hydrogens is 420 g/mol. The van der Waals surface area contributed by atoms with Gasteiger partial charge in [-0.1, -0.05) is 127 Å². The van der Waals surface area contributed by atoms with Crippen LogP contribution in [-0.2, 0) is 0 Å². The fourth-order valence-corrected chi connectivity index (χ4v) is 6.22. The first-order valence-corrected chi connectivity index (χ1v) is 12.6. The molecule has 0 spiro atoms. The SMILES string of the molecule is C1=CC(C[C](CC2C=Cc3cccc4cccc2c34)c2ccccc2)c2cccc3cccc1c23. The van der Waals surface area contributed by atoms with Gasteiger partial charge in [0.15, 0.2) is 0 Å². The van der Waals surface area contributed by atoms with Crippen molar-refractivity contribution in [3.05, 3.63) is 149 Å². The van der Waals surface area contributed by atoms with E-state index in [9.17, 15) is 0 Å². The first-order chi connectivity index (χ1) is 17.3. The van der Waals surface area contributed by atoms with Gasteiger partial charge in [0.25, 0.3) is 0 Å². The van der Waals surface area contributed by atoms with Gasteiger partial charge in [-0.3, -0.25) is 0 Å². The highest BCUT2D eigenvalue weighted by atomic mass is 14.3. The van der Waals surface area contributed by atoms with Gasteiger partial charge in [-0.2, -0.15) is 0 Å². The summed E-state index contributed by atoms with van der Waals surface area (Å²) in [6, 6.07) is 37.9. The highest BCUT2D eigenvalue weighted by Crippen LogP contribution is 2.44. The molecular formula is C35H27. The standard InChI is InChI=1S/C35H27/c1-2-8-24(9-3-1)31(22-29-20-18-27-12-4-10-25-14-6-16-32(29)34(25)27)23-30-21-19-28-13-5-11-26-15-7-17-33(30)35(26)28/h1-21,29-30H,22-23H2. The highest BCUT2D eigenvalue weighted by molar-refractivity contribution is 5.96. The van der Waals surface area contributed by atoms with Gasteiger partial charge in [0.05, 0.1) is 0 Å². The summed E-state index contributed by atoms with van der Waals surface area (Å²) in [5, 5.41) is 5.53. The maximum absolute atomic E-state index is 2.42. The predicted octanol–water partition coefficient (Wildman–Crippen LogP) is 9.32. The summed E-state index contributed by atoms with van der Waals surface area (Å²) in [6.07, 6.45) is 11.6. The first-order valence-electron chi connectivity index (χ1n) is 12.6. The minimum absolute atomic E-state index is 0.388. The van der Waals surface area contributed by atoms with Crippen LogP contribution in [0, 0.1) is 5.92 Å². The second-order valence-electron chi connectivity index (χ2n) is 9.89. The Balaban J connectivity index is 1.27. The summed E-state index contributed by atoms with van der Waals surface area (Å²) in [7, 11) is 0. The van der Waals surface area contributed by atoms with Crippen LogP contribution in [0.15, 0.2) is 115 Å². The lowest BCUT2D eigenvalue weighted by molar-refractivity contribution is 0.669. The Morgan fingerprint density at radius 3 is 1.49 bits per heavy atom. The van der Waals surface area contributed by atoms with Crippen molar-refractivity contribution in [3.63, 3.8) is 0 Å². The molecule has 167 valence electrons.